The molecule has 5 nitrogen and oxygen atoms in total. The highest BCUT2D eigenvalue weighted by molar-refractivity contribution is 7.89. The van der Waals surface area contributed by atoms with Crippen LogP contribution in [0.25, 0.3) is 22.3 Å². The first-order valence-corrected chi connectivity index (χ1v) is 9.91. The van der Waals surface area contributed by atoms with Crippen molar-refractivity contribution in [2.24, 2.45) is 0 Å². The highest BCUT2D eigenvalue weighted by atomic mass is 32.2. The number of hydrogen-bond acceptors (Lipinski definition) is 3. The molecule has 0 aromatic heterocycles. The molecule has 0 saturated heterocycles. The Labute approximate surface area is 158 Å². The van der Waals surface area contributed by atoms with Crippen LogP contribution in [-0.4, -0.2) is 26.0 Å². The third-order valence-electron chi connectivity index (χ3n) is 4.12. The summed E-state index contributed by atoms with van der Waals surface area (Å²) in [5.41, 5.74) is 4.13. The van der Waals surface area contributed by atoms with Crippen molar-refractivity contribution < 1.29 is 18.3 Å². The number of carboxylic acids is 1. The molecule has 3 aromatic rings. The molecule has 0 fully saturated rings. The number of carbonyl (C=O) groups is 1. The number of nitrogens with one attached hydrogen (secondary N) is 1. The zero-order valence-electron chi connectivity index (χ0n) is 14.5. The molecule has 3 aromatic carbocycles. The minimum Gasteiger partial charge on any atom is -0.481 e. The van der Waals surface area contributed by atoms with Gasteiger partial charge in [-0.05, 0) is 34.4 Å². The van der Waals surface area contributed by atoms with Gasteiger partial charge in [-0.15, -0.1) is 0 Å². The molecule has 0 heterocycles. The number of rotatable bonds is 7. The Kier molecular flexibility index (Phi) is 5.69. The molecule has 0 amide bonds. The second-order valence-electron chi connectivity index (χ2n) is 6.01. The highest BCUT2D eigenvalue weighted by Crippen LogP contribution is 2.25. The van der Waals surface area contributed by atoms with E-state index in [1.807, 2.05) is 54.6 Å². The second-order valence-corrected chi connectivity index (χ2v) is 7.78. The lowest BCUT2D eigenvalue weighted by molar-refractivity contribution is -0.136. The van der Waals surface area contributed by atoms with Crippen molar-refractivity contribution in [3.8, 4) is 22.3 Å². The van der Waals surface area contributed by atoms with Gasteiger partial charge < -0.3 is 5.11 Å². The molecule has 0 atom stereocenters. The van der Waals surface area contributed by atoms with Crippen molar-refractivity contribution in [3.63, 3.8) is 0 Å². The van der Waals surface area contributed by atoms with Crippen LogP contribution in [-0.2, 0) is 14.8 Å². The maximum Gasteiger partial charge on any atom is 0.304 e. The average Bonchev–Trinajstić information content (AvgIpc) is 2.68. The van der Waals surface area contributed by atoms with E-state index < -0.39 is 16.0 Å². The van der Waals surface area contributed by atoms with E-state index in [1.165, 1.54) is 12.1 Å². The maximum atomic E-state index is 12.2. The zero-order valence-corrected chi connectivity index (χ0v) is 15.3. The largest absolute Gasteiger partial charge is 0.481 e. The quantitative estimate of drug-likeness (QED) is 0.652. The van der Waals surface area contributed by atoms with Gasteiger partial charge in [0.15, 0.2) is 0 Å². The van der Waals surface area contributed by atoms with Gasteiger partial charge in [0.25, 0.3) is 0 Å². The fourth-order valence-corrected chi connectivity index (χ4v) is 3.72. The summed E-state index contributed by atoms with van der Waals surface area (Å²) in [6, 6.07) is 24.6. The summed E-state index contributed by atoms with van der Waals surface area (Å²) >= 11 is 0. The lowest BCUT2D eigenvalue weighted by Gasteiger charge is -2.08. The predicted octanol–water partition coefficient (Wildman–Crippen LogP) is 3.77. The number of aliphatic carboxylic acids is 1. The molecule has 0 bridgehead atoms. The molecular weight excluding hydrogens is 362 g/mol. The molecule has 3 rings (SSSR count). The van der Waals surface area contributed by atoms with Crippen LogP contribution in [0.15, 0.2) is 83.8 Å². The Bertz CT molecular complexity index is 1010. The number of benzene rings is 3. The van der Waals surface area contributed by atoms with Gasteiger partial charge in [-0.1, -0.05) is 66.7 Å². The number of carboxylic acid groups (broad SMARTS) is 1. The van der Waals surface area contributed by atoms with Gasteiger partial charge in [-0.25, -0.2) is 13.1 Å². The van der Waals surface area contributed by atoms with Crippen LogP contribution in [0.4, 0.5) is 0 Å². The summed E-state index contributed by atoms with van der Waals surface area (Å²) in [7, 11) is -3.71. The van der Waals surface area contributed by atoms with E-state index >= 15 is 0 Å². The van der Waals surface area contributed by atoms with E-state index in [9.17, 15) is 13.2 Å². The summed E-state index contributed by atoms with van der Waals surface area (Å²) in [6.07, 6.45) is -0.259. The molecule has 0 aliphatic carbocycles. The summed E-state index contributed by atoms with van der Waals surface area (Å²) in [5, 5.41) is 8.60. The monoisotopic (exact) mass is 381 g/mol. The summed E-state index contributed by atoms with van der Waals surface area (Å²) < 4.78 is 26.6. The smallest absolute Gasteiger partial charge is 0.304 e. The lowest BCUT2D eigenvalue weighted by atomic mass is 10.0. The van der Waals surface area contributed by atoms with Gasteiger partial charge >= 0.3 is 5.97 Å². The topological polar surface area (TPSA) is 83.5 Å². The fourth-order valence-electron chi connectivity index (χ4n) is 2.69. The third kappa shape index (κ3) is 4.81. The van der Waals surface area contributed by atoms with Crippen LogP contribution < -0.4 is 4.72 Å². The van der Waals surface area contributed by atoms with Crippen molar-refractivity contribution in [2.75, 3.05) is 6.54 Å². The third-order valence-corrected chi connectivity index (χ3v) is 5.60. The first-order chi connectivity index (χ1) is 13.0. The number of sulfonamides is 1. The molecule has 0 radical (unpaired) electrons. The van der Waals surface area contributed by atoms with Crippen molar-refractivity contribution in [3.05, 3.63) is 78.9 Å². The first kappa shape index (κ1) is 18.8. The Hall–Kier alpha value is -2.96. The Morgan fingerprint density at radius 3 is 1.67 bits per heavy atom. The van der Waals surface area contributed by atoms with E-state index in [0.717, 1.165) is 22.3 Å². The van der Waals surface area contributed by atoms with Crippen molar-refractivity contribution in [1.82, 2.24) is 4.72 Å². The van der Waals surface area contributed by atoms with Crippen LogP contribution in [0.3, 0.4) is 0 Å². The van der Waals surface area contributed by atoms with E-state index in [2.05, 4.69) is 4.72 Å². The van der Waals surface area contributed by atoms with Crippen LogP contribution in [0.5, 0.6) is 0 Å². The van der Waals surface area contributed by atoms with Crippen LogP contribution in [0, 0.1) is 0 Å². The molecule has 27 heavy (non-hydrogen) atoms. The van der Waals surface area contributed by atoms with Gasteiger partial charge in [-0.3, -0.25) is 4.79 Å². The van der Waals surface area contributed by atoms with Crippen molar-refractivity contribution in [1.29, 1.82) is 0 Å². The highest BCUT2D eigenvalue weighted by Gasteiger charge is 2.14. The molecule has 0 saturated carbocycles. The first-order valence-electron chi connectivity index (χ1n) is 8.43. The minimum atomic E-state index is -3.71. The fraction of sp³-hybridized carbons (Fsp3) is 0.0952. The second kappa shape index (κ2) is 8.16. The van der Waals surface area contributed by atoms with Gasteiger partial charge in [-0.2, -0.15) is 0 Å². The summed E-state index contributed by atoms with van der Waals surface area (Å²) in [4.78, 5) is 10.6. The normalized spacial score (nSPS) is 11.3. The molecule has 0 unspecified atom stereocenters. The summed E-state index contributed by atoms with van der Waals surface area (Å²) in [6.45, 7) is -0.139. The molecule has 6 heteroatoms. The van der Waals surface area contributed by atoms with Crippen molar-refractivity contribution >= 4 is 16.0 Å². The molecular formula is C21H19NO4S. The zero-order chi connectivity index (χ0) is 19.3. The minimum absolute atomic E-state index is 0.109. The van der Waals surface area contributed by atoms with Gasteiger partial charge in [0.05, 0.1) is 11.3 Å². The van der Waals surface area contributed by atoms with E-state index in [-0.39, 0.29) is 17.9 Å². The average molecular weight is 381 g/mol. The Balaban J connectivity index is 1.74. The number of hydrogen-bond donors (Lipinski definition) is 2. The lowest BCUT2D eigenvalue weighted by Crippen LogP contribution is -2.26. The maximum absolute atomic E-state index is 12.2. The van der Waals surface area contributed by atoms with E-state index in [4.69, 9.17) is 5.11 Å². The van der Waals surface area contributed by atoms with Gasteiger partial charge in [0.2, 0.25) is 10.0 Å². The van der Waals surface area contributed by atoms with Crippen molar-refractivity contribution in [2.45, 2.75) is 11.3 Å². The predicted molar refractivity (Wildman–Crippen MR) is 105 cm³/mol. The van der Waals surface area contributed by atoms with Gasteiger partial charge in [0, 0.05) is 6.54 Å². The van der Waals surface area contributed by atoms with E-state index in [1.54, 1.807) is 12.1 Å². The molecule has 0 aliphatic heterocycles. The molecule has 2 N–H and O–H groups in total. The van der Waals surface area contributed by atoms with E-state index in [0.29, 0.717) is 0 Å². The SMILES string of the molecule is O=C(O)CCNS(=O)(=O)c1ccc(-c2ccc(-c3ccccc3)cc2)cc1. The molecule has 138 valence electrons. The van der Waals surface area contributed by atoms with Crippen LogP contribution in [0.1, 0.15) is 6.42 Å². The molecule has 0 aliphatic rings. The summed E-state index contributed by atoms with van der Waals surface area (Å²) in [5.74, 6) is -1.05. The van der Waals surface area contributed by atoms with Crippen LogP contribution in [0.2, 0.25) is 0 Å². The standard InChI is InChI=1S/C21H19NO4S/c23-21(24)14-15-22-27(25,26)20-12-10-19(11-13-20)18-8-6-17(7-9-18)16-4-2-1-3-5-16/h1-13,22H,14-15H2,(H,23,24). The molecule has 0 spiro atoms. The van der Waals surface area contributed by atoms with Gasteiger partial charge in [0.1, 0.15) is 0 Å². The van der Waals surface area contributed by atoms with Crippen LogP contribution >= 0.6 is 0 Å². The Morgan fingerprint density at radius 2 is 1.19 bits per heavy atom. The Morgan fingerprint density at radius 1 is 0.741 bits per heavy atom.